The first-order chi connectivity index (χ1) is 11.9. The first kappa shape index (κ1) is 18.6. The van der Waals surface area contributed by atoms with Crippen LogP contribution in [0.25, 0.3) is 0 Å². The zero-order valence-corrected chi connectivity index (χ0v) is 14.5. The molecule has 0 aliphatic carbocycles. The highest BCUT2D eigenvalue weighted by Gasteiger charge is 2.16. The van der Waals surface area contributed by atoms with E-state index in [0.717, 1.165) is 5.56 Å². The average molecular weight is 343 g/mol. The summed E-state index contributed by atoms with van der Waals surface area (Å²) in [5.74, 6) is -0.692. The Balaban J connectivity index is 2.02. The third kappa shape index (κ3) is 5.39. The van der Waals surface area contributed by atoms with E-state index in [2.05, 4.69) is 10.6 Å². The van der Waals surface area contributed by atoms with Gasteiger partial charge in [-0.15, -0.1) is 0 Å². The van der Waals surface area contributed by atoms with Crippen molar-refractivity contribution >= 4 is 17.5 Å². The van der Waals surface area contributed by atoms with Crippen LogP contribution in [0.4, 0.5) is 10.1 Å². The van der Waals surface area contributed by atoms with Crippen LogP contribution < -0.4 is 10.6 Å². The predicted molar refractivity (Wildman–Crippen MR) is 95.9 cm³/mol. The smallest absolute Gasteiger partial charge is 0.251 e. The van der Waals surface area contributed by atoms with Gasteiger partial charge < -0.3 is 15.5 Å². The Hall–Kier alpha value is -2.73. The Morgan fingerprint density at radius 2 is 1.80 bits per heavy atom. The van der Waals surface area contributed by atoms with Gasteiger partial charge >= 0.3 is 0 Å². The lowest BCUT2D eigenvalue weighted by atomic mass is 10.1. The second-order valence-corrected chi connectivity index (χ2v) is 6.00. The highest BCUT2D eigenvalue weighted by molar-refractivity contribution is 5.95. The summed E-state index contributed by atoms with van der Waals surface area (Å²) in [4.78, 5) is 25.2. The number of halogens is 1. The van der Waals surface area contributed by atoms with Gasteiger partial charge in [0.1, 0.15) is 5.82 Å². The van der Waals surface area contributed by atoms with Crippen molar-refractivity contribution in [1.82, 2.24) is 10.2 Å². The molecule has 132 valence electrons. The van der Waals surface area contributed by atoms with E-state index in [9.17, 15) is 14.0 Å². The number of rotatable bonds is 6. The lowest BCUT2D eigenvalue weighted by Crippen LogP contribution is -2.34. The molecule has 0 fully saturated rings. The van der Waals surface area contributed by atoms with Crippen molar-refractivity contribution in [2.24, 2.45) is 0 Å². The minimum absolute atomic E-state index is 0.140. The van der Waals surface area contributed by atoms with Crippen LogP contribution in [0.5, 0.6) is 0 Å². The molecule has 0 saturated carbocycles. The third-order valence-corrected chi connectivity index (χ3v) is 3.78. The summed E-state index contributed by atoms with van der Waals surface area (Å²) in [5.41, 5.74) is 1.92. The number of hydrogen-bond donors (Lipinski definition) is 2. The van der Waals surface area contributed by atoms with Gasteiger partial charge in [0.2, 0.25) is 5.91 Å². The van der Waals surface area contributed by atoms with E-state index in [1.54, 1.807) is 30.3 Å². The molecule has 2 amide bonds. The fourth-order valence-electron chi connectivity index (χ4n) is 2.51. The van der Waals surface area contributed by atoms with Gasteiger partial charge in [0.05, 0.1) is 6.04 Å². The quantitative estimate of drug-likeness (QED) is 0.848. The molecule has 2 aromatic carbocycles. The van der Waals surface area contributed by atoms with Crippen LogP contribution in [0.15, 0.2) is 48.5 Å². The zero-order chi connectivity index (χ0) is 18.4. The van der Waals surface area contributed by atoms with Crippen LogP contribution in [0.1, 0.15) is 28.9 Å². The Morgan fingerprint density at radius 1 is 1.12 bits per heavy atom. The van der Waals surface area contributed by atoms with Gasteiger partial charge in [0.25, 0.3) is 5.91 Å². The molecule has 6 heteroatoms. The Kier molecular flexibility index (Phi) is 6.25. The topological polar surface area (TPSA) is 61.4 Å². The summed E-state index contributed by atoms with van der Waals surface area (Å²) in [5, 5.41) is 5.52. The molecule has 0 aliphatic heterocycles. The molecule has 0 aliphatic rings. The SMILES string of the molecule is CC(=O)Nc1ccc(C(=O)NCC(c2cccc(F)c2)N(C)C)cc1. The molecule has 0 spiro atoms. The maximum atomic E-state index is 13.4. The fraction of sp³-hybridized carbons (Fsp3) is 0.263. The number of benzene rings is 2. The lowest BCUT2D eigenvalue weighted by Gasteiger charge is -2.25. The summed E-state index contributed by atoms with van der Waals surface area (Å²) in [6.07, 6.45) is 0. The van der Waals surface area contributed by atoms with Crippen LogP contribution in [0.2, 0.25) is 0 Å². The molecule has 25 heavy (non-hydrogen) atoms. The molecule has 2 aromatic rings. The number of anilines is 1. The van der Waals surface area contributed by atoms with Gasteiger partial charge in [-0.3, -0.25) is 9.59 Å². The van der Waals surface area contributed by atoms with Crippen LogP contribution >= 0.6 is 0 Å². The number of nitrogens with one attached hydrogen (secondary N) is 2. The second kappa shape index (κ2) is 8.39. The second-order valence-electron chi connectivity index (χ2n) is 6.00. The molecule has 5 nitrogen and oxygen atoms in total. The Bertz CT molecular complexity index is 745. The van der Waals surface area contributed by atoms with E-state index in [4.69, 9.17) is 0 Å². The average Bonchev–Trinajstić information content (AvgIpc) is 2.54. The molecule has 1 atom stereocenters. The standard InChI is InChI=1S/C19H22FN3O2/c1-13(24)22-17-9-7-14(8-10-17)19(25)21-12-18(23(2)3)15-5-4-6-16(20)11-15/h4-11,18H,12H2,1-3H3,(H,21,25)(H,22,24). The maximum Gasteiger partial charge on any atom is 0.251 e. The molecule has 0 bridgehead atoms. The highest BCUT2D eigenvalue weighted by Crippen LogP contribution is 2.18. The maximum absolute atomic E-state index is 13.4. The van der Waals surface area contributed by atoms with Crippen molar-refractivity contribution < 1.29 is 14.0 Å². The van der Waals surface area contributed by atoms with Crippen molar-refractivity contribution in [3.05, 3.63) is 65.5 Å². The predicted octanol–water partition coefficient (Wildman–Crippen LogP) is 2.82. The summed E-state index contributed by atoms with van der Waals surface area (Å²) >= 11 is 0. The van der Waals surface area contributed by atoms with Gasteiger partial charge in [-0.25, -0.2) is 4.39 Å². The van der Waals surface area contributed by atoms with Gasteiger partial charge in [-0.1, -0.05) is 12.1 Å². The van der Waals surface area contributed by atoms with E-state index in [0.29, 0.717) is 17.8 Å². The van der Waals surface area contributed by atoms with E-state index in [1.807, 2.05) is 25.1 Å². The van der Waals surface area contributed by atoms with Crippen LogP contribution in [-0.4, -0.2) is 37.4 Å². The van der Waals surface area contributed by atoms with Gasteiger partial charge in [-0.05, 0) is 56.1 Å². The first-order valence-electron chi connectivity index (χ1n) is 7.94. The first-order valence-corrected chi connectivity index (χ1v) is 7.94. The normalized spacial score (nSPS) is 11.9. The van der Waals surface area contributed by atoms with Gasteiger partial charge in [-0.2, -0.15) is 0 Å². The van der Waals surface area contributed by atoms with E-state index < -0.39 is 0 Å². The summed E-state index contributed by atoms with van der Waals surface area (Å²) in [7, 11) is 3.76. The van der Waals surface area contributed by atoms with E-state index in [1.165, 1.54) is 19.1 Å². The molecular formula is C19H22FN3O2. The van der Waals surface area contributed by atoms with Crippen molar-refractivity contribution in [2.45, 2.75) is 13.0 Å². The number of likely N-dealkylation sites (N-methyl/N-ethyl adjacent to an activating group) is 1. The number of hydrogen-bond acceptors (Lipinski definition) is 3. The highest BCUT2D eigenvalue weighted by atomic mass is 19.1. The summed E-state index contributed by atoms with van der Waals surface area (Å²) in [6, 6.07) is 12.9. The summed E-state index contributed by atoms with van der Waals surface area (Å²) in [6.45, 7) is 1.77. The Labute approximate surface area is 146 Å². The minimum atomic E-state index is -0.302. The zero-order valence-electron chi connectivity index (χ0n) is 14.5. The number of amides is 2. The number of carbonyl (C=O) groups excluding carboxylic acids is 2. The molecule has 0 heterocycles. The molecule has 2 rings (SSSR count). The van der Waals surface area contributed by atoms with Gasteiger partial charge in [0, 0.05) is 24.7 Å². The van der Waals surface area contributed by atoms with Crippen LogP contribution in [0, 0.1) is 5.82 Å². The number of carbonyl (C=O) groups is 2. The van der Waals surface area contributed by atoms with Crippen molar-refractivity contribution in [3.63, 3.8) is 0 Å². The number of nitrogens with zero attached hydrogens (tertiary/aromatic N) is 1. The van der Waals surface area contributed by atoms with Crippen molar-refractivity contribution in [1.29, 1.82) is 0 Å². The molecule has 0 radical (unpaired) electrons. The van der Waals surface area contributed by atoms with Crippen molar-refractivity contribution in [2.75, 3.05) is 26.0 Å². The van der Waals surface area contributed by atoms with E-state index in [-0.39, 0.29) is 23.7 Å². The van der Waals surface area contributed by atoms with Crippen LogP contribution in [-0.2, 0) is 4.79 Å². The minimum Gasteiger partial charge on any atom is -0.350 e. The largest absolute Gasteiger partial charge is 0.350 e. The molecule has 1 unspecified atom stereocenters. The Morgan fingerprint density at radius 3 is 2.36 bits per heavy atom. The van der Waals surface area contributed by atoms with E-state index >= 15 is 0 Å². The monoisotopic (exact) mass is 343 g/mol. The van der Waals surface area contributed by atoms with Crippen LogP contribution in [0.3, 0.4) is 0 Å². The molecule has 0 aromatic heterocycles. The fourth-order valence-corrected chi connectivity index (χ4v) is 2.51. The van der Waals surface area contributed by atoms with Crippen molar-refractivity contribution in [3.8, 4) is 0 Å². The third-order valence-electron chi connectivity index (χ3n) is 3.78. The molecule has 0 saturated heterocycles. The molecular weight excluding hydrogens is 321 g/mol. The molecule has 2 N–H and O–H groups in total. The van der Waals surface area contributed by atoms with Gasteiger partial charge in [0.15, 0.2) is 0 Å². The summed E-state index contributed by atoms with van der Waals surface area (Å²) < 4.78 is 13.4. The lowest BCUT2D eigenvalue weighted by molar-refractivity contribution is -0.114.